The summed E-state index contributed by atoms with van der Waals surface area (Å²) in [7, 11) is 2.10. The maximum Gasteiger partial charge on any atom is 0.246 e. The van der Waals surface area contributed by atoms with E-state index >= 15 is 0 Å². The van der Waals surface area contributed by atoms with Crippen molar-refractivity contribution in [1.29, 1.82) is 0 Å². The topological polar surface area (TPSA) is 128 Å². The summed E-state index contributed by atoms with van der Waals surface area (Å²) in [5, 5.41) is 6.28. The lowest BCUT2D eigenvalue weighted by atomic mass is 9.91. The molecule has 11 heteroatoms. The fourth-order valence-electron chi connectivity index (χ4n) is 6.52. The van der Waals surface area contributed by atoms with E-state index in [0.717, 1.165) is 36.1 Å². The van der Waals surface area contributed by atoms with Crippen LogP contribution in [0.4, 0.5) is 5.69 Å². The summed E-state index contributed by atoms with van der Waals surface area (Å²) in [5.74, 6) is -1.08. The average molecular weight is 609 g/mol. The molecular weight excluding hydrogens is 568 g/mol. The number of piperidine rings is 2. The van der Waals surface area contributed by atoms with Gasteiger partial charge in [0.2, 0.25) is 23.6 Å². The molecule has 4 N–H and O–H groups in total. The van der Waals surface area contributed by atoms with Crippen molar-refractivity contribution in [2.24, 2.45) is 5.73 Å². The summed E-state index contributed by atoms with van der Waals surface area (Å²) < 4.78 is 0. The summed E-state index contributed by atoms with van der Waals surface area (Å²) in [4.78, 5) is 59.5. The number of likely N-dealkylation sites (N-methyl/N-ethyl adjacent to an activating group) is 1. The van der Waals surface area contributed by atoms with Crippen molar-refractivity contribution in [1.82, 2.24) is 20.0 Å². The number of carbonyl (C=O) groups excluding carboxylic acids is 4. The number of halogens is 1. The molecule has 4 aliphatic rings. The van der Waals surface area contributed by atoms with Gasteiger partial charge in [0, 0.05) is 61.7 Å². The van der Waals surface area contributed by atoms with Gasteiger partial charge in [0.05, 0.1) is 0 Å². The second kappa shape index (κ2) is 13.4. The third-order valence-electron chi connectivity index (χ3n) is 9.06. The molecule has 0 aromatic heterocycles. The van der Waals surface area contributed by atoms with Gasteiger partial charge >= 0.3 is 0 Å². The predicted molar refractivity (Wildman–Crippen MR) is 165 cm³/mol. The van der Waals surface area contributed by atoms with Gasteiger partial charge in [0.1, 0.15) is 12.1 Å². The Bertz CT molecular complexity index is 1390. The molecule has 6 rings (SSSR count). The summed E-state index contributed by atoms with van der Waals surface area (Å²) in [6.07, 6.45) is 2.76. The molecule has 0 radical (unpaired) electrons. The Balaban J connectivity index is 1.27. The third kappa shape index (κ3) is 7.03. The van der Waals surface area contributed by atoms with Crippen molar-refractivity contribution in [3.05, 3.63) is 64.2 Å². The van der Waals surface area contributed by atoms with Crippen molar-refractivity contribution in [3.63, 3.8) is 0 Å². The van der Waals surface area contributed by atoms with E-state index in [1.807, 2.05) is 36.1 Å². The molecule has 2 unspecified atom stereocenters. The number of hydrogen-bond acceptors (Lipinski definition) is 6. The van der Waals surface area contributed by atoms with E-state index in [-0.39, 0.29) is 50.2 Å². The third-order valence-corrected chi connectivity index (χ3v) is 9.49. The zero-order chi connectivity index (χ0) is 30.7. The van der Waals surface area contributed by atoms with Crippen molar-refractivity contribution >= 4 is 40.9 Å². The molecule has 2 bridgehead atoms. The lowest BCUT2D eigenvalue weighted by molar-refractivity contribution is -0.146. The van der Waals surface area contributed by atoms with Crippen LogP contribution in [-0.2, 0) is 32.1 Å². The number of nitrogens with zero attached hydrogens (tertiary/aromatic N) is 3. The van der Waals surface area contributed by atoms with E-state index in [4.69, 9.17) is 17.3 Å². The van der Waals surface area contributed by atoms with Crippen molar-refractivity contribution in [3.8, 4) is 0 Å². The van der Waals surface area contributed by atoms with Crippen LogP contribution in [0.25, 0.3) is 0 Å². The highest BCUT2D eigenvalue weighted by Gasteiger charge is 2.40. The van der Waals surface area contributed by atoms with Crippen LogP contribution < -0.4 is 16.4 Å². The molecule has 2 aromatic carbocycles. The number of aryl methyl sites for hydroxylation is 1. The smallest absolute Gasteiger partial charge is 0.246 e. The van der Waals surface area contributed by atoms with Crippen molar-refractivity contribution < 1.29 is 19.2 Å². The van der Waals surface area contributed by atoms with E-state index in [1.165, 1.54) is 0 Å². The van der Waals surface area contributed by atoms with Gasteiger partial charge in [-0.1, -0.05) is 35.9 Å². The first kappa shape index (κ1) is 31.0. The largest absolute Gasteiger partial charge is 0.342 e. The number of nitrogens with two attached hydrogens (primary N) is 1. The molecule has 0 aliphatic carbocycles. The van der Waals surface area contributed by atoms with Crippen LogP contribution in [0.3, 0.4) is 0 Å². The van der Waals surface area contributed by atoms with Crippen LogP contribution in [0, 0.1) is 6.92 Å². The molecule has 230 valence electrons. The van der Waals surface area contributed by atoms with E-state index in [9.17, 15) is 19.2 Å². The predicted octanol–water partition coefficient (Wildman–Crippen LogP) is 2.46. The molecule has 4 atom stereocenters. The van der Waals surface area contributed by atoms with Gasteiger partial charge in [-0.15, -0.1) is 0 Å². The van der Waals surface area contributed by atoms with Gasteiger partial charge in [-0.05, 0) is 74.7 Å². The van der Waals surface area contributed by atoms with Crippen LogP contribution in [0.2, 0.25) is 5.02 Å². The molecule has 4 amide bonds. The molecule has 4 heterocycles. The van der Waals surface area contributed by atoms with Gasteiger partial charge < -0.3 is 26.2 Å². The minimum Gasteiger partial charge on any atom is -0.342 e. The Morgan fingerprint density at radius 3 is 2.33 bits per heavy atom. The minimum atomic E-state index is -0.892. The van der Waals surface area contributed by atoms with Crippen molar-refractivity contribution in [2.75, 3.05) is 32.0 Å². The zero-order valence-corrected chi connectivity index (χ0v) is 25.6. The number of amides is 4. The first-order chi connectivity index (χ1) is 20.6. The SMILES string of the molecule is Cc1cc(NC(=O)[C@H](CCN)NC(=O)[C@@H]2Cc3ccccc3CN2C(=O)CCC(=O)N2CC3CCC2CN3C)ccc1Cl. The molecule has 43 heavy (non-hydrogen) atoms. The fraction of sp³-hybridized carbons (Fsp3) is 0.500. The lowest BCUT2D eigenvalue weighted by Gasteiger charge is -2.50. The number of benzene rings is 2. The maximum absolute atomic E-state index is 13.7. The lowest BCUT2D eigenvalue weighted by Crippen LogP contribution is -2.62. The molecule has 3 fully saturated rings. The maximum atomic E-state index is 13.7. The highest BCUT2D eigenvalue weighted by Crippen LogP contribution is 2.29. The molecular formula is C32H41ClN6O4. The first-order valence-electron chi connectivity index (χ1n) is 15.1. The highest BCUT2D eigenvalue weighted by molar-refractivity contribution is 6.31. The number of hydrogen-bond donors (Lipinski definition) is 3. The molecule has 0 saturated carbocycles. The molecule has 2 aromatic rings. The minimum absolute atomic E-state index is 0.00771. The van der Waals surface area contributed by atoms with Gasteiger partial charge in [0.15, 0.2) is 0 Å². The summed E-state index contributed by atoms with van der Waals surface area (Å²) in [6.45, 7) is 3.86. The second-order valence-electron chi connectivity index (χ2n) is 12.0. The van der Waals surface area contributed by atoms with Gasteiger partial charge in [-0.25, -0.2) is 0 Å². The molecule has 3 saturated heterocycles. The number of nitrogens with one attached hydrogen (secondary N) is 2. The van der Waals surface area contributed by atoms with Gasteiger partial charge in [-0.3, -0.25) is 24.1 Å². The standard InChI is InChI=1S/C32H41ClN6O4/c1-20-15-23(7-10-26(20)33)35-31(42)27(13-14-34)36-32(43)28-16-21-5-3-4-6-22(21)17-39(28)30(41)12-11-29(40)38-19-24-8-9-25(38)18-37(24)2/h3-7,10,15,24-25,27-28H,8-9,11-14,16-19,34H2,1-2H3,(H,35,42)(H,36,43)/t24?,25?,27-,28-/m0/s1. The van der Waals surface area contributed by atoms with Gasteiger partial charge in [0.25, 0.3) is 0 Å². The quantitative estimate of drug-likeness (QED) is 0.401. The fourth-order valence-corrected chi connectivity index (χ4v) is 6.64. The second-order valence-corrected chi connectivity index (χ2v) is 12.4. The number of piperazine rings is 1. The molecule has 0 spiro atoms. The van der Waals surface area contributed by atoms with Crippen LogP contribution >= 0.6 is 11.6 Å². The number of carbonyl (C=O) groups is 4. The van der Waals surface area contributed by atoms with Crippen molar-refractivity contribution in [2.45, 2.75) is 76.2 Å². The summed E-state index contributed by atoms with van der Waals surface area (Å²) >= 11 is 6.12. The number of fused-ring (bicyclic) bond motifs is 4. The van der Waals surface area contributed by atoms with Crippen LogP contribution in [0.5, 0.6) is 0 Å². The Hall–Kier alpha value is -3.47. The van der Waals surface area contributed by atoms with Crippen LogP contribution in [0.15, 0.2) is 42.5 Å². The van der Waals surface area contributed by atoms with E-state index in [2.05, 4.69) is 22.6 Å². The molecule has 4 aliphatic heterocycles. The number of anilines is 1. The van der Waals surface area contributed by atoms with Gasteiger partial charge in [-0.2, -0.15) is 0 Å². The highest BCUT2D eigenvalue weighted by atomic mass is 35.5. The first-order valence-corrected chi connectivity index (χ1v) is 15.5. The summed E-state index contributed by atoms with van der Waals surface area (Å²) in [6, 6.07) is 11.7. The Morgan fingerprint density at radius 1 is 0.977 bits per heavy atom. The average Bonchev–Trinajstić information content (AvgIpc) is 3.00. The normalized spacial score (nSPS) is 22.1. The van der Waals surface area contributed by atoms with E-state index in [0.29, 0.717) is 29.7 Å². The summed E-state index contributed by atoms with van der Waals surface area (Å²) in [5.41, 5.74) is 9.13. The Kier molecular flexibility index (Phi) is 9.68. The monoisotopic (exact) mass is 608 g/mol. The van der Waals surface area contributed by atoms with E-state index < -0.39 is 23.9 Å². The number of rotatable bonds is 9. The van der Waals surface area contributed by atoms with Crippen LogP contribution in [0.1, 0.15) is 48.8 Å². The Labute approximate surface area is 257 Å². The zero-order valence-electron chi connectivity index (χ0n) is 24.9. The van der Waals surface area contributed by atoms with E-state index in [1.54, 1.807) is 23.1 Å². The van der Waals surface area contributed by atoms with Crippen LogP contribution in [-0.4, -0.2) is 89.2 Å². The molecule has 10 nitrogen and oxygen atoms in total. The Morgan fingerprint density at radius 2 is 1.67 bits per heavy atom.